The Labute approximate surface area is 92.1 Å². The van der Waals surface area contributed by atoms with Crippen molar-refractivity contribution in [1.29, 1.82) is 0 Å². The molecule has 0 aliphatic carbocycles. The van der Waals surface area contributed by atoms with Gasteiger partial charge in [0.05, 0.1) is 11.4 Å². The lowest BCUT2D eigenvalue weighted by Crippen LogP contribution is -2.22. The number of nitrogens with one attached hydrogen (secondary N) is 2. The first kappa shape index (κ1) is 12.2. The summed E-state index contributed by atoms with van der Waals surface area (Å²) in [5, 5.41) is 11.0. The van der Waals surface area contributed by atoms with E-state index in [0.29, 0.717) is 0 Å². The molecule has 1 rings (SSSR count). The fourth-order valence-corrected chi connectivity index (χ4v) is 1.56. The predicted molar refractivity (Wildman–Crippen MR) is 62.8 cm³/mol. The summed E-state index contributed by atoms with van der Waals surface area (Å²) in [6.45, 7) is 8.26. The third-order valence-electron chi connectivity index (χ3n) is 2.36. The van der Waals surface area contributed by atoms with Crippen molar-refractivity contribution in [2.24, 2.45) is 7.05 Å². The van der Waals surface area contributed by atoms with Gasteiger partial charge in [0.15, 0.2) is 0 Å². The van der Waals surface area contributed by atoms with Crippen LogP contribution in [-0.2, 0) is 13.6 Å². The van der Waals surface area contributed by atoms with Crippen LogP contribution in [0.2, 0.25) is 0 Å². The number of hydrogen-bond donors (Lipinski definition) is 2. The van der Waals surface area contributed by atoms with Crippen molar-refractivity contribution in [3.8, 4) is 0 Å². The Morgan fingerprint density at radius 3 is 2.67 bits per heavy atom. The Morgan fingerprint density at radius 2 is 2.07 bits per heavy atom. The molecule has 0 atom stereocenters. The standard InChI is InChI=1S/C11H22N4/c1-4-12-6-5-7-13-9-11-8-10(2)14-15(11)3/h8,12-13H,4-7,9H2,1-3H3. The van der Waals surface area contributed by atoms with Crippen molar-refractivity contribution >= 4 is 0 Å². The summed E-state index contributed by atoms with van der Waals surface area (Å²) in [5.41, 5.74) is 2.33. The second-order valence-electron chi connectivity index (χ2n) is 3.78. The molecular weight excluding hydrogens is 188 g/mol. The molecule has 1 heterocycles. The lowest BCUT2D eigenvalue weighted by Gasteiger charge is -2.05. The highest BCUT2D eigenvalue weighted by atomic mass is 15.3. The molecule has 0 saturated carbocycles. The number of rotatable bonds is 7. The van der Waals surface area contributed by atoms with Crippen LogP contribution in [0.4, 0.5) is 0 Å². The lowest BCUT2D eigenvalue weighted by molar-refractivity contribution is 0.583. The van der Waals surface area contributed by atoms with E-state index in [1.54, 1.807) is 0 Å². The molecule has 0 bridgehead atoms. The number of hydrogen-bond acceptors (Lipinski definition) is 3. The molecule has 4 nitrogen and oxygen atoms in total. The summed E-state index contributed by atoms with van der Waals surface area (Å²) < 4.78 is 1.94. The molecule has 0 amide bonds. The van der Waals surface area contributed by atoms with Crippen LogP contribution in [0.5, 0.6) is 0 Å². The van der Waals surface area contributed by atoms with E-state index in [9.17, 15) is 0 Å². The molecule has 86 valence electrons. The molecular formula is C11H22N4. The summed E-state index contributed by atoms with van der Waals surface area (Å²) in [7, 11) is 1.99. The zero-order valence-corrected chi connectivity index (χ0v) is 10.0. The minimum absolute atomic E-state index is 0.906. The molecule has 2 N–H and O–H groups in total. The SMILES string of the molecule is CCNCCCNCc1cc(C)nn1C. The van der Waals surface area contributed by atoms with Gasteiger partial charge in [-0.15, -0.1) is 0 Å². The Bertz CT molecular complexity index is 280. The van der Waals surface area contributed by atoms with Gasteiger partial charge in [0, 0.05) is 13.6 Å². The van der Waals surface area contributed by atoms with Gasteiger partial charge in [0.1, 0.15) is 0 Å². The van der Waals surface area contributed by atoms with Crippen molar-refractivity contribution in [2.75, 3.05) is 19.6 Å². The first-order valence-corrected chi connectivity index (χ1v) is 5.65. The summed E-state index contributed by atoms with van der Waals surface area (Å²) >= 11 is 0. The Balaban J connectivity index is 2.12. The predicted octanol–water partition coefficient (Wildman–Crippen LogP) is 0.818. The van der Waals surface area contributed by atoms with Gasteiger partial charge in [0.2, 0.25) is 0 Å². The minimum atomic E-state index is 0.906. The molecule has 15 heavy (non-hydrogen) atoms. The topological polar surface area (TPSA) is 41.9 Å². The first-order chi connectivity index (χ1) is 7.24. The Hall–Kier alpha value is -0.870. The maximum Gasteiger partial charge on any atom is 0.0597 e. The fraction of sp³-hybridized carbons (Fsp3) is 0.727. The highest BCUT2D eigenvalue weighted by Gasteiger charge is 2.00. The highest BCUT2D eigenvalue weighted by Crippen LogP contribution is 2.00. The summed E-state index contributed by atoms with van der Waals surface area (Å²) in [6.07, 6.45) is 1.17. The molecule has 0 spiro atoms. The molecule has 0 fully saturated rings. The van der Waals surface area contributed by atoms with Crippen molar-refractivity contribution in [2.45, 2.75) is 26.8 Å². The maximum absolute atomic E-state index is 4.30. The Kier molecular flexibility index (Phi) is 5.36. The third kappa shape index (κ3) is 4.44. The van der Waals surface area contributed by atoms with Gasteiger partial charge < -0.3 is 10.6 Å². The van der Waals surface area contributed by atoms with Crippen molar-refractivity contribution in [1.82, 2.24) is 20.4 Å². The zero-order valence-electron chi connectivity index (χ0n) is 10.0. The molecule has 0 aromatic carbocycles. The minimum Gasteiger partial charge on any atom is -0.317 e. The zero-order chi connectivity index (χ0) is 11.1. The van der Waals surface area contributed by atoms with Crippen molar-refractivity contribution < 1.29 is 0 Å². The summed E-state index contributed by atoms with van der Waals surface area (Å²) in [6, 6.07) is 2.12. The number of nitrogens with zero attached hydrogens (tertiary/aromatic N) is 2. The molecule has 0 aliphatic heterocycles. The number of aromatic nitrogens is 2. The van der Waals surface area contributed by atoms with E-state index in [1.165, 1.54) is 12.1 Å². The molecule has 1 aromatic heterocycles. The molecule has 0 aliphatic rings. The van der Waals surface area contributed by atoms with Crippen LogP contribution in [0.1, 0.15) is 24.7 Å². The van der Waals surface area contributed by atoms with Crippen LogP contribution in [0.15, 0.2) is 6.07 Å². The van der Waals surface area contributed by atoms with Gasteiger partial charge in [-0.2, -0.15) is 5.10 Å². The van der Waals surface area contributed by atoms with Gasteiger partial charge in [-0.3, -0.25) is 4.68 Å². The van der Waals surface area contributed by atoms with Crippen LogP contribution in [0.25, 0.3) is 0 Å². The first-order valence-electron chi connectivity index (χ1n) is 5.65. The van der Waals surface area contributed by atoms with Crippen LogP contribution >= 0.6 is 0 Å². The van der Waals surface area contributed by atoms with E-state index >= 15 is 0 Å². The Morgan fingerprint density at radius 1 is 1.33 bits per heavy atom. The summed E-state index contributed by atoms with van der Waals surface area (Å²) in [5.74, 6) is 0. The molecule has 1 aromatic rings. The van der Waals surface area contributed by atoms with E-state index in [0.717, 1.165) is 31.9 Å². The van der Waals surface area contributed by atoms with Crippen LogP contribution < -0.4 is 10.6 Å². The van der Waals surface area contributed by atoms with E-state index in [2.05, 4.69) is 28.7 Å². The van der Waals surface area contributed by atoms with Crippen LogP contribution in [-0.4, -0.2) is 29.4 Å². The smallest absolute Gasteiger partial charge is 0.0597 e. The van der Waals surface area contributed by atoms with E-state index in [1.807, 2.05) is 18.7 Å². The average Bonchev–Trinajstić information content (AvgIpc) is 2.51. The maximum atomic E-state index is 4.30. The second kappa shape index (κ2) is 6.58. The van der Waals surface area contributed by atoms with E-state index in [-0.39, 0.29) is 0 Å². The largest absolute Gasteiger partial charge is 0.317 e. The van der Waals surface area contributed by atoms with Crippen LogP contribution in [0.3, 0.4) is 0 Å². The van der Waals surface area contributed by atoms with Crippen LogP contribution in [0, 0.1) is 6.92 Å². The van der Waals surface area contributed by atoms with Gasteiger partial charge in [-0.05, 0) is 39.0 Å². The average molecular weight is 210 g/mol. The lowest BCUT2D eigenvalue weighted by atomic mass is 10.3. The number of aryl methyl sites for hydroxylation is 2. The quantitative estimate of drug-likeness (QED) is 0.655. The van der Waals surface area contributed by atoms with Crippen molar-refractivity contribution in [3.05, 3.63) is 17.5 Å². The normalized spacial score (nSPS) is 10.9. The van der Waals surface area contributed by atoms with Gasteiger partial charge >= 0.3 is 0 Å². The van der Waals surface area contributed by atoms with Crippen molar-refractivity contribution in [3.63, 3.8) is 0 Å². The fourth-order valence-electron chi connectivity index (χ4n) is 1.56. The van der Waals surface area contributed by atoms with Gasteiger partial charge in [-0.1, -0.05) is 6.92 Å². The van der Waals surface area contributed by atoms with E-state index < -0.39 is 0 Å². The van der Waals surface area contributed by atoms with Gasteiger partial charge in [-0.25, -0.2) is 0 Å². The molecule has 0 radical (unpaired) electrons. The molecule has 0 saturated heterocycles. The molecule has 4 heteroatoms. The molecule has 0 unspecified atom stereocenters. The second-order valence-corrected chi connectivity index (χ2v) is 3.78. The monoisotopic (exact) mass is 210 g/mol. The van der Waals surface area contributed by atoms with Gasteiger partial charge in [0.25, 0.3) is 0 Å². The highest BCUT2D eigenvalue weighted by molar-refractivity contribution is 5.08. The third-order valence-corrected chi connectivity index (χ3v) is 2.36. The van der Waals surface area contributed by atoms with E-state index in [4.69, 9.17) is 0 Å². The summed E-state index contributed by atoms with van der Waals surface area (Å²) in [4.78, 5) is 0.